The molecule has 1 aromatic rings. The molecule has 0 amide bonds. The van der Waals surface area contributed by atoms with Crippen LogP contribution in [0.1, 0.15) is 26.2 Å². The zero-order valence-electron chi connectivity index (χ0n) is 10.7. The molecule has 0 heterocycles. The molecular formula is C14H20BrNOS. The van der Waals surface area contributed by atoms with Crippen LogP contribution in [0.2, 0.25) is 0 Å². The van der Waals surface area contributed by atoms with Crippen molar-refractivity contribution in [1.29, 1.82) is 0 Å². The summed E-state index contributed by atoms with van der Waals surface area (Å²) < 4.78 is 1.12. The molecule has 0 radical (unpaired) electrons. The third kappa shape index (κ3) is 3.50. The second-order valence-corrected chi connectivity index (χ2v) is 7.19. The molecule has 2 unspecified atom stereocenters. The standard InChI is InChI=1S/C14H20BrNOS/c1-2-16-14(10-17)8-7-13(9-14)18-12-5-3-11(15)4-6-12/h3-6,13,16-17H,2,7-10H2,1H3. The molecule has 0 spiro atoms. The van der Waals surface area contributed by atoms with E-state index in [-0.39, 0.29) is 12.1 Å². The molecule has 2 nitrogen and oxygen atoms in total. The summed E-state index contributed by atoms with van der Waals surface area (Å²) in [6.45, 7) is 3.28. The van der Waals surface area contributed by atoms with Gasteiger partial charge in [0.2, 0.25) is 0 Å². The number of rotatable bonds is 5. The van der Waals surface area contributed by atoms with Crippen LogP contribution in [0.15, 0.2) is 33.6 Å². The first kappa shape index (κ1) is 14.4. The highest BCUT2D eigenvalue weighted by atomic mass is 79.9. The van der Waals surface area contributed by atoms with Crippen molar-refractivity contribution >= 4 is 27.7 Å². The van der Waals surface area contributed by atoms with E-state index in [1.54, 1.807) is 0 Å². The van der Waals surface area contributed by atoms with Crippen molar-refractivity contribution in [3.8, 4) is 0 Å². The molecule has 0 bridgehead atoms. The van der Waals surface area contributed by atoms with Crippen LogP contribution >= 0.6 is 27.7 Å². The molecule has 1 aliphatic rings. The number of hydrogen-bond donors (Lipinski definition) is 2. The number of nitrogens with one attached hydrogen (secondary N) is 1. The lowest BCUT2D eigenvalue weighted by Gasteiger charge is -2.28. The van der Waals surface area contributed by atoms with E-state index in [0.717, 1.165) is 23.9 Å². The van der Waals surface area contributed by atoms with Gasteiger partial charge in [0, 0.05) is 20.2 Å². The molecule has 1 saturated carbocycles. The molecule has 0 aromatic heterocycles. The van der Waals surface area contributed by atoms with Gasteiger partial charge in [-0.1, -0.05) is 22.9 Å². The molecule has 2 atom stereocenters. The Kier molecular flexibility index (Phi) is 5.13. The molecule has 100 valence electrons. The summed E-state index contributed by atoms with van der Waals surface area (Å²) in [6, 6.07) is 8.48. The minimum Gasteiger partial charge on any atom is -0.394 e. The minimum absolute atomic E-state index is 0.0399. The minimum atomic E-state index is -0.0399. The first-order valence-corrected chi connectivity index (χ1v) is 8.13. The van der Waals surface area contributed by atoms with Crippen molar-refractivity contribution < 1.29 is 5.11 Å². The molecule has 1 aliphatic carbocycles. The fraction of sp³-hybridized carbons (Fsp3) is 0.571. The van der Waals surface area contributed by atoms with Gasteiger partial charge in [-0.15, -0.1) is 11.8 Å². The Hall–Kier alpha value is -0.0300. The topological polar surface area (TPSA) is 32.3 Å². The number of halogens is 1. The molecule has 18 heavy (non-hydrogen) atoms. The summed E-state index contributed by atoms with van der Waals surface area (Å²) >= 11 is 5.39. The number of aliphatic hydroxyl groups is 1. The molecule has 4 heteroatoms. The predicted octanol–water partition coefficient (Wildman–Crippen LogP) is 3.43. The van der Waals surface area contributed by atoms with Crippen LogP contribution in [0.25, 0.3) is 0 Å². The Labute approximate surface area is 122 Å². The van der Waals surface area contributed by atoms with Crippen LogP contribution in [-0.4, -0.2) is 29.0 Å². The highest BCUT2D eigenvalue weighted by Gasteiger charge is 2.38. The van der Waals surface area contributed by atoms with Gasteiger partial charge >= 0.3 is 0 Å². The second-order valence-electron chi connectivity index (χ2n) is 4.91. The quantitative estimate of drug-likeness (QED) is 0.867. The SMILES string of the molecule is CCNC1(CO)CCC(Sc2ccc(Br)cc2)C1. The molecule has 1 fully saturated rings. The summed E-state index contributed by atoms with van der Waals surface area (Å²) in [6.07, 6.45) is 3.30. The van der Waals surface area contributed by atoms with E-state index in [9.17, 15) is 5.11 Å². The van der Waals surface area contributed by atoms with E-state index in [0.29, 0.717) is 5.25 Å². The average molecular weight is 330 g/mol. The van der Waals surface area contributed by atoms with E-state index in [1.165, 1.54) is 11.3 Å². The molecule has 0 saturated heterocycles. The van der Waals surface area contributed by atoms with Crippen LogP contribution in [0.4, 0.5) is 0 Å². The fourth-order valence-electron chi connectivity index (χ4n) is 2.62. The number of aliphatic hydroxyl groups excluding tert-OH is 1. The predicted molar refractivity (Wildman–Crippen MR) is 81.1 cm³/mol. The van der Waals surface area contributed by atoms with Crippen molar-refractivity contribution in [2.45, 2.75) is 41.9 Å². The Morgan fingerprint density at radius 1 is 1.44 bits per heavy atom. The van der Waals surface area contributed by atoms with Crippen LogP contribution in [0.5, 0.6) is 0 Å². The Balaban J connectivity index is 1.94. The zero-order valence-corrected chi connectivity index (χ0v) is 13.1. The molecule has 2 rings (SSSR count). The van der Waals surface area contributed by atoms with Crippen LogP contribution in [0, 0.1) is 0 Å². The zero-order chi connectivity index (χ0) is 13.0. The lowest BCUT2D eigenvalue weighted by atomic mass is 9.99. The van der Waals surface area contributed by atoms with E-state index in [2.05, 4.69) is 52.4 Å². The maximum Gasteiger partial charge on any atom is 0.0613 e. The van der Waals surface area contributed by atoms with Gasteiger partial charge in [0.05, 0.1) is 6.61 Å². The van der Waals surface area contributed by atoms with Gasteiger partial charge in [-0.25, -0.2) is 0 Å². The average Bonchev–Trinajstić information content (AvgIpc) is 2.77. The lowest BCUT2D eigenvalue weighted by molar-refractivity contribution is 0.167. The van der Waals surface area contributed by atoms with Crippen molar-refractivity contribution in [3.63, 3.8) is 0 Å². The Bertz CT molecular complexity index is 384. The summed E-state index contributed by atoms with van der Waals surface area (Å²) in [4.78, 5) is 1.31. The molecular weight excluding hydrogens is 310 g/mol. The van der Waals surface area contributed by atoms with Crippen molar-refractivity contribution in [3.05, 3.63) is 28.7 Å². The van der Waals surface area contributed by atoms with Crippen LogP contribution in [0.3, 0.4) is 0 Å². The number of benzene rings is 1. The van der Waals surface area contributed by atoms with E-state index in [1.807, 2.05) is 11.8 Å². The first-order valence-electron chi connectivity index (χ1n) is 6.45. The highest BCUT2D eigenvalue weighted by molar-refractivity contribution is 9.10. The maximum absolute atomic E-state index is 9.59. The fourth-order valence-corrected chi connectivity index (χ4v) is 4.20. The number of likely N-dealkylation sites (N-methyl/N-ethyl adjacent to an activating group) is 1. The molecule has 2 N–H and O–H groups in total. The monoisotopic (exact) mass is 329 g/mol. The Morgan fingerprint density at radius 3 is 2.78 bits per heavy atom. The largest absolute Gasteiger partial charge is 0.394 e. The maximum atomic E-state index is 9.59. The number of thioether (sulfide) groups is 1. The highest BCUT2D eigenvalue weighted by Crippen LogP contribution is 2.40. The molecule has 1 aromatic carbocycles. The van der Waals surface area contributed by atoms with Crippen LogP contribution in [-0.2, 0) is 0 Å². The Morgan fingerprint density at radius 2 is 2.17 bits per heavy atom. The lowest BCUT2D eigenvalue weighted by Crippen LogP contribution is -2.46. The smallest absolute Gasteiger partial charge is 0.0613 e. The second kappa shape index (κ2) is 6.42. The summed E-state index contributed by atoms with van der Waals surface area (Å²) in [5.41, 5.74) is -0.0399. The van der Waals surface area contributed by atoms with Gasteiger partial charge in [-0.05, 0) is 50.1 Å². The molecule has 0 aliphatic heterocycles. The van der Waals surface area contributed by atoms with Crippen LogP contribution < -0.4 is 5.32 Å². The number of hydrogen-bond acceptors (Lipinski definition) is 3. The van der Waals surface area contributed by atoms with Gasteiger partial charge in [-0.3, -0.25) is 0 Å². The van der Waals surface area contributed by atoms with Gasteiger partial charge in [-0.2, -0.15) is 0 Å². The van der Waals surface area contributed by atoms with Crippen molar-refractivity contribution in [2.75, 3.05) is 13.2 Å². The van der Waals surface area contributed by atoms with Gasteiger partial charge in [0.15, 0.2) is 0 Å². The van der Waals surface area contributed by atoms with Gasteiger partial charge in [0.25, 0.3) is 0 Å². The van der Waals surface area contributed by atoms with Crippen molar-refractivity contribution in [2.24, 2.45) is 0 Å². The third-order valence-electron chi connectivity index (χ3n) is 3.53. The van der Waals surface area contributed by atoms with E-state index < -0.39 is 0 Å². The van der Waals surface area contributed by atoms with E-state index in [4.69, 9.17) is 0 Å². The van der Waals surface area contributed by atoms with Crippen molar-refractivity contribution in [1.82, 2.24) is 5.32 Å². The van der Waals surface area contributed by atoms with Gasteiger partial charge < -0.3 is 10.4 Å². The van der Waals surface area contributed by atoms with E-state index >= 15 is 0 Å². The van der Waals surface area contributed by atoms with Gasteiger partial charge in [0.1, 0.15) is 0 Å². The summed E-state index contributed by atoms with van der Waals surface area (Å²) in [5, 5.41) is 13.7. The third-order valence-corrected chi connectivity index (χ3v) is 5.34. The normalized spacial score (nSPS) is 27.6. The summed E-state index contributed by atoms with van der Waals surface area (Å²) in [7, 11) is 0. The summed E-state index contributed by atoms with van der Waals surface area (Å²) in [5.74, 6) is 0. The first-order chi connectivity index (χ1) is 8.67.